The van der Waals surface area contributed by atoms with E-state index in [0.717, 1.165) is 0 Å². The van der Waals surface area contributed by atoms with E-state index in [-0.39, 0.29) is 12.4 Å². The number of hydrogen-bond acceptors (Lipinski definition) is 4. The van der Waals surface area contributed by atoms with Crippen LogP contribution >= 0.6 is 0 Å². The Morgan fingerprint density at radius 2 is 2.50 bits per heavy atom. The maximum atomic E-state index is 11.0. The molecule has 0 amide bonds. The van der Waals surface area contributed by atoms with E-state index >= 15 is 0 Å². The lowest BCUT2D eigenvalue weighted by atomic mass is 10.3. The van der Waals surface area contributed by atoms with Crippen LogP contribution < -0.4 is 0 Å². The van der Waals surface area contributed by atoms with Gasteiger partial charge >= 0.3 is 5.97 Å². The number of ether oxygens (including phenoxy) is 1. The molecule has 12 heavy (non-hydrogen) atoms. The molecule has 0 aliphatic carbocycles. The lowest BCUT2D eigenvalue weighted by Crippen LogP contribution is -2.07. The Morgan fingerprint density at radius 3 is 3.00 bits per heavy atom. The van der Waals surface area contributed by atoms with Crippen molar-refractivity contribution in [1.29, 1.82) is 0 Å². The van der Waals surface area contributed by atoms with Crippen LogP contribution in [-0.2, 0) is 20.3 Å². The molecule has 1 atom stereocenters. The molecule has 1 unspecified atom stereocenters. The van der Waals surface area contributed by atoms with Crippen molar-refractivity contribution in [2.75, 3.05) is 7.11 Å². The number of carbonyl (C=O) groups is 1. The van der Waals surface area contributed by atoms with Crippen LogP contribution in [0.2, 0.25) is 0 Å². The van der Waals surface area contributed by atoms with Crippen molar-refractivity contribution in [2.45, 2.75) is 12.8 Å². The highest BCUT2D eigenvalue weighted by Gasteiger charge is 2.12. The molecule has 1 aliphatic heterocycles. The monoisotopic (exact) mass is 187 g/mol. The number of hydrogen-bond donors (Lipinski definition) is 0. The Bertz CT molecular complexity index is 270. The summed E-state index contributed by atoms with van der Waals surface area (Å²) in [7, 11) is 0.210. The first kappa shape index (κ1) is 9.12. The van der Waals surface area contributed by atoms with Crippen molar-refractivity contribution in [3.05, 3.63) is 11.6 Å². The summed E-state index contributed by atoms with van der Waals surface area (Å²) in [4.78, 5) is 14.5. The Morgan fingerprint density at radius 1 is 1.75 bits per heavy atom. The molecule has 0 fully saturated rings. The highest BCUT2D eigenvalue weighted by molar-refractivity contribution is 8.03. The zero-order valence-corrected chi connectivity index (χ0v) is 7.47. The maximum Gasteiger partial charge on any atom is 0.305 e. The van der Waals surface area contributed by atoms with Crippen LogP contribution in [0.15, 0.2) is 16.6 Å². The molecule has 66 valence electrons. The molecule has 0 bridgehead atoms. The second kappa shape index (κ2) is 4.15. The zero-order chi connectivity index (χ0) is 8.97. The van der Waals surface area contributed by atoms with E-state index < -0.39 is 10.8 Å². The van der Waals surface area contributed by atoms with Crippen molar-refractivity contribution in [3.8, 4) is 0 Å². The number of esters is 1. The van der Waals surface area contributed by atoms with E-state index in [1.165, 1.54) is 18.7 Å². The minimum Gasteiger partial charge on any atom is -0.469 e. The van der Waals surface area contributed by atoms with Crippen molar-refractivity contribution in [1.82, 2.24) is 0 Å². The Hall–Kier alpha value is -0.970. The third kappa shape index (κ3) is 2.27. The van der Waals surface area contributed by atoms with Crippen LogP contribution in [0.3, 0.4) is 0 Å². The third-order valence-electron chi connectivity index (χ3n) is 1.41. The van der Waals surface area contributed by atoms with Crippen molar-refractivity contribution >= 4 is 21.8 Å². The third-order valence-corrected chi connectivity index (χ3v) is 2.55. The minimum atomic E-state index is -1.12. The van der Waals surface area contributed by atoms with Gasteiger partial charge in [0.05, 0.1) is 24.3 Å². The van der Waals surface area contributed by atoms with Gasteiger partial charge in [-0.25, -0.2) is 4.21 Å². The fraction of sp³-hybridized carbons (Fsp3) is 0.429. The van der Waals surface area contributed by atoms with Crippen LogP contribution in [0.1, 0.15) is 12.8 Å². The molecule has 0 radical (unpaired) electrons. The molecule has 1 aliphatic rings. The van der Waals surface area contributed by atoms with Crippen molar-refractivity contribution in [3.63, 3.8) is 0 Å². The van der Waals surface area contributed by atoms with Gasteiger partial charge in [-0.2, -0.15) is 0 Å². The fourth-order valence-electron chi connectivity index (χ4n) is 0.776. The number of rotatable bonds is 3. The molecule has 0 aromatic carbocycles. The zero-order valence-electron chi connectivity index (χ0n) is 6.65. The smallest absolute Gasteiger partial charge is 0.305 e. The molecule has 0 spiro atoms. The molecular formula is C7H9NO3S. The predicted molar refractivity (Wildman–Crippen MR) is 46.0 cm³/mol. The summed E-state index contributed by atoms with van der Waals surface area (Å²) in [6.45, 7) is 0. The molecule has 0 aromatic heterocycles. The van der Waals surface area contributed by atoms with E-state index in [0.29, 0.717) is 11.5 Å². The molecule has 4 nitrogen and oxygen atoms in total. The number of nitrogens with zero attached hydrogens (tertiary/aromatic N) is 1. The van der Waals surface area contributed by atoms with Gasteiger partial charge < -0.3 is 4.74 Å². The summed E-state index contributed by atoms with van der Waals surface area (Å²) in [6, 6.07) is 0. The predicted octanol–water partition coefficient (Wildman–Crippen LogP) is 0.572. The lowest BCUT2D eigenvalue weighted by Gasteiger charge is -1.97. The Balaban J connectivity index is 2.34. The average Bonchev–Trinajstić information content (AvgIpc) is 2.47. The maximum absolute atomic E-state index is 11.0. The number of carbonyl (C=O) groups excluding carboxylic acids is 1. The first-order valence-electron chi connectivity index (χ1n) is 3.45. The van der Waals surface area contributed by atoms with Gasteiger partial charge in [-0.15, -0.1) is 0 Å². The fourth-order valence-corrected chi connectivity index (χ4v) is 1.57. The first-order valence-corrected chi connectivity index (χ1v) is 4.66. The van der Waals surface area contributed by atoms with Crippen molar-refractivity contribution < 1.29 is 13.7 Å². The average molecular weight is 187 g/mol. The largest absolute Gasteiger partial charge is 0.469 e. The van der Waals surface area contributed by atoms with E-state index in [1.807, 2.05) is 0 Å². The van der Waals surface area contributed by atoms with Gasteiger partial charge in [0.2, 0.25) is 0 Å². The van der Waals surface area contributed by atoms with Gasteiger partial charge in [0.1, 0.15) is 5.04 Å². The molecule has 1 heterocycles. The van der Waals surface area contributed by atoms with Gasteiger partial charge in [-0.05, 0) is 0 Å². The van der Waals surface area contributed by atoms with E-state index in [4.69, 9.17) is 0 Å². The molecule has 0 aromatic rings. The second-order valence-corrected chi connectivity index (χ2v) is 3.52. The van der Waals surface area contributed by atoms with Crippen LogP contribution in [-0.4, -0.2) is 22.3 Å². The lowest BCUT2D eigenvalue weighted by molar-refractivity contribution is -0.140. The summed E-state index contributed by atoms with van der Waals surface area (Å²) in [5.74, 6) is -0.304. The standard InChI is InChI=1S/C7H9NO3S/c1-11-7(9)3-2-6-8-4-5-12(6)10/h4-5H,2-3H2,1H3. The summed E-state index contributed by atoms with van der Waals surface area (Å²) < 4.78 is 15.4. The number of aliphatic imine (C=N–C) groups is 1. The summed E-state index contributed by atoms with van der Waals surface area (Å²) >= 11 is 0. The molecular weight excluding hydrogens is 178 g/mol. The van der Waals surface area contributed by atoms with E-state index in [9.17, 15) is 9.00 Å². The van der Waals surface area contributed by atoms with Gasteiger partial charge in [-0.3, -0.25) is 9.79 Å². The summed E-state index contributed by atoms with van der Waals surface area (Å²) in [5, 5.41) is 2.03. The van der Waals surface area contributed by atoms with Gasteiger partial charge in [-0.1, -0.05) is 0 Å². The van der Waals surface area contributed by atoms with Crippen LogP contribution in [0.25, 0.3) is 0 Å². The Kier molecular flexibility index (Phi) is 3.16. The van der Waals surface area contributed by atoms with Gasteiger partial charge in [0.25, 0.3) is 0 Å². The molecule has 1 rings (SSSR count). The SMILES string of the molecule is COC(=O)CCC1=NC=CS1=O. The normalized spacial score (nSPS) is 20.8. The molecule has 0 N–H and O–H groups in total. The van der Waals surface area contributed by atoms with Gasteiger partial charge in [0.15, 0.2) is 0 Å². The van der Waals surface area contributed by atoms with Crippen molar-refractivity contribution in [2.24, 2.45) is 4.99 Å². The Labute approximate surface area is 72.8 Å². The van der Waals surface area contributed by atoms with E-state index in [2.05, 4.69) is 9.73 Å². The second-order valence-electron chi connectivity index (χ2n) is 2.18. The quantitative estimate of drug-likeness (QED) is 0.607. The van der Waals surface area contributed by atoms with E-state index in [1.54, 1.807) is 0 Å². The summed E-state index contributed by atoms with van der Waals surface area (Å²) in [5.41, 5.74) is 0. The highest BCUT2D eigenvalue weighted by atomic mass is 32.2. The van der Waals surface area contributed by atoms with Crippen LogP contribution in [0, 0.1) is 0 Å². The molecule has 5 heteroatoms. The number of methoxy groups -OCH3 is 1. The van der Waals surface area contributed by atoms with Gasteiger partial charge in [0, 0.05) is 18.0 Å². The molecule has 0 saturated carbocycles. The minimum absolute atomic E-state index is 0.239. The molecule has 0 saturated heterocycles. The summed E-state index contributed by atoms with van der Waals surface area (Å²) in [6.07, 6.45) is 2.14. The van der Waals surface area contributed by atoms with Crippen LogP contribution in [0.4, 0.5) is 0 Å². The van der Waals surface area contributed by atoms with Crippen LogP contribution in [0.5, 0.6) is 0 Å². The highest BCUT2D eigenvalue weighted by Crippen LogP contribution is 2.07. The first-order chi connectivity index (χ1) is 5.74. The topological polar surface area (TPSA) is 55.7 Å².